The molecule has 0 atom stereocenters. The van der Waals surface area contributed by atoms with Crippen molar-refractivity contribution in [2.75, 3.05) is 0 Å². The van der Waals surface area contributed by atoms with E-state index in [2.05, 4.69) is 240 Å². The third-order valence-corrected chi connectivity index (χ3v) is 13.9. The van der Waals surface area contributed by atoms with E-state index in [9.17, 15) is 0 Å². The largest absolute Gasteiger partial charge is 0.309 e. The van der Waals surface area contributed by atoms with Crippen LogP contribution < -0.4 is 0 Å². The molecule has 0 spiro atoms. The Morgan fingerprint density at radius 1 is 0.219 bits per heavy atom. The van der Waals surface area contributed by atoms with Crippen LogP contribution in [0.2, 0.25) is 0 Å². The van der Waals surface area contributed by atoms with Crippen LogP contribution in [-0.4, -0.2) is 9.13 Å². The summed E-state index contributed by atoms with van der Waals surface area (Å²) in [6, 6.07) is 85.5. The van der Waals surface area contributed by atoms with Crippen molar-refractivity contribution in [3.8, 4) is 67.0 Å². The van der Waals surface area contributed by atoms with E-state index in [1.165, 1.54) is 126 Å². The maximum Gasteiger partial charge on any atom is 0.0619 e. The molecule has 0 radical (unpaired) electrons. The first-order valence-corrected chi connectivity index (χ1v) is 22.2. The van der Waals surface area contributed by atoms with Crippen LogP contribution >= 0.6 is 0 Å². The first-order valence-electron chi connectivity index (χ1n) is 22.2. The second-order valence-corrected chi connectivity index (χ2v) is 17.1. The fraction of sp³-hybridized carbons (Fsp3) is 0. The number of hydrogen-bond donors (Lipinski definition) is 0. The van der Waals surface area contributed by atoms with Crippen molar-refractivity contribution < 1.29 is 0 Å². The van der Waals surface area contributed by atoms with Crippen molar-refractivity contribution in [1.29, 1.82) is 0 Å². The summed E-state index contributed by atoms with van der Waals surface area (Å²) in [7, 11) is 0. The minimum Gasteiger partial charge on any atom is -0.309 e. The lowest BCUT2D eigenvalue weighted by Gasteiger charge is -2.24. The summed E-state index contributed by atoms with van der Waals surface area (Å²) in [5.74, 6) is 0. The van der Waals surface area contributed by atoms with Gasteiger partial charge in [0.25, 0.3) is 0 Å². The molecule has 2 nitrogen and oxygen atoms in total. The van der Waals surface area contributed by atoms with Crippen molar-refractivity contribution in [3.05, 3.63) is 231 Å². The average molecular weight is 811 g/mol. The lowest BCUT2D eigenvalue weighted by atomic mass is 9.79. The zero-order valence-corrected chi connectivity index (χ0v) is 34.8. The van der Waals surface area contributed by atoms with Gasteiger partial charge in [-0.05, 0) is 109 Å². The summed E-state index contributed by atoms with van der Waals surface area (Å²) < 4.78 is 4.98. The molecular weight excluding hydrogens is 773 g/mol. The Hall–Kier alpha value is -8.46. The standard InChI is InChI=1S/C62H38N2/c1-2-18-40(19-3-1)63-57-32-16-14-26-48(57)55-37-56-49-27-15-17-33-58(49)64(60(56)38-59(55)63)62-52-30-12-10-28-50(52)61(51-29-11-13-31-53(51)62)39-34-35-47-45-24-7-6-22-43(45)41-20-4-5-21-42(41)44-23-8-9-25-46(44)54(47)36-39/h1-38H. The fourth-order valence-corrected chi connectivity index (χ4v) is 11.2. The number of nitrogens with zero attached hydrogens (tertiary/aromatic N) is 2. The first kappa shape index (κ1) is 35.2. The van der Waals surface area contributed by atoms with Crippen LogP contribution in [0.25, 0.3) is 132 Å². The molecule has 1 aliphatic carbocycles. The van der Waals surface area contributed by atoms with E-state index in [4.69, 9.17) is 0 Å². The molecule has 0 aliphatic heterocycles. The van der Waals surface area contributed by atoms with Crippen molar-refractivity contribution in [2.24, 2.45) is 0 Å². The molecule has 0 saturated heterocycles. The Bertz CT molecular complexity index is 4010. The monoisotopic (exact) mass is 810 g/mol. The Morgan fingerprint density at radius 3 is 1.14 bits per heavy atom. The smallest absolute Gasteiger partial charge is 0.0619 e. The van der Waals surface area contributed by atoms with E-state index in [-0.39, 0.29) is 0 Å². The van der Waals surface area contributed by atoms with Gasteiger partial charge in [0.15, 0.2) is 0 Å². The number of rotatable bonds is 3. The van der Waals surface area contributed by atoms with E-state index in [1.807, 2.05) is 0 Å². The number of hydrogen-bond acceptors (Lipinski definition) is 0. The normalized spacial score (nSPS) is 12.1. The molecule has 0 unspecified atom stereocenters. The molecule has 64 heavy (non-hydrogen) atoms. The van der Waals surface area contributed by atoms with Gasteiger partial charge in [0, 0.05) is 38.0 Å². The Labute approximate surface area is 370 Å². The van der Waals surface area contributed by atoms with Crippen LogP contribution in [0, 0.1) is 0 Å². The van der Waals surface area contributed by atoms with Gasteiger partial charge < -0.3 is 9.13 Å². The predicted octanol–water partition coefficient (Wildman–Crippen LogP) is 16.8. The number of benzene rings is 11. The minimum atomic E-state index is 1.16. The first-order chi connectivity index (χ1) is 31.8. The summed E-state index contributed by atoms with van der Waals surface area (Å²) >= 11 is 0. The molecule has 0 fully saturated rings. The van der Waals surface area contributed by atoms with Crippen molar-refractivity contribution in [3.63, 3.8) is 0 Å². The molecule has 1 aliphatic rings. The van der Waals surface area contributed by atoms with Gasteiger partial charge in [-0.1, -0.05) is 188 Å². The number of fused-ring (bicyclic) bond motifs is 16. The highest BCUT2D eigenvalue weighted by atomic mass is 15.0. The van der Waals surface area contributed by atoms with Gasteiger partial charge in [-0.3, -0.25) is 0 Å². The highest BCUT2D eigenvalue weighted by Crippen LogP contribution is 2.51. The lowest BCUT2D eigenvalue weighted by molar-refractivity contribution is 1.17. The number of para-hydroxylation sites is 3. The summed E-state index contributed by atoms with van der Waals surface area (Å²) in [6.07, 6.45) is 0. The summed E-state index contributed by atoms with van der Waals surface area (Å²) in [4.78, 5) is 0. The van der Waals surface area contributed by atoms with E-state index in [0.29, 0.717) is 0 Å². The van der Waals surface area contributed by atoms with Crippen LogP contribution in [-0.2, 0) is 0 Å². The molecule has 2 heteroatoms. The topological polar surface area (TPSA) is 9.86 Å². The molecule has 0 amide bonds. The highest BCUT2D eigenvalue weighted by Gasteiger charge is 2.25. The second-order valence-electron chi connectivity index (χ2n) is 17.1. The quantitative estimate of drug-likeness (QED) is 0.157. The van der Waals surface area contributed by atoms with E-state index in [0.717, 1.165) is 5.69 Å². The van der Waals surface area contributed by atoms with Crippen LogP contribution in [0.4, 0.5) is 0 Å². The molecule has 13 aromatic rings. The lowest BCUT2D eigenvalue weighted by Crippen LogP contribution is -2.00. The molecule has 0 bridgehead atoms. The van der Waals surface area contributed by atoms with Crippen molar-refractivity contribution in [2.45, 2.75) is 0 Å². The van der Waals surface area contributed by atoms with Gasteiger partial charge in [-0.15, -0.1) is 0 Å². The van der Waals surface area contributed by atoms with Crippen molar-refractivity contribution >= 4 is 65.2 Å². The second kappa shape index (κ2) is 13.5. The molecule has 0 saturated carbocycles. The third-order valence-electron chi connectivity index (χ3n) is 13.9. The van der Waals surface area contributed by atoms with E-state index < -0.39 is 0 Å². The maximum absolute atomic E-state index is 2.55. The van der Waals surface area contributed by atoms with Gasteiger partial charge in [0.2, 0.25) is 0 Å². The third kappa shape index (κ3) is 4.91. The fourth-order valence-electron chi connectivity index (χ4n) is 11.2. The van der Waals surface area contributed by atoms with Crippen LogP contribution in [0.15, 0.2) is 231 Å². The van der Waals surface area contributed by atoms with Gasteiger partial charge in [-0.2, -0.15) is 0 Å². The Balaban J connectivity index is 1.08. The van der Waals surface area contributed by atoms with Gasteiger partial charge in [0.1, 0.15) is 0 Å². The zero-order valence-electron chi connectivity index (χ0n) is 34.8. The summed E-state index contributed by atoms with van der Waals surface area (Å²) in [6.45, 7) is 0. The summed E-state index contributed by atoms with van der Waals surface area (Å²) in [5, 5.41) is 9.90. The van der Waals surface area contributed by atoms with Gasteiger partial charge in [-0.25, -0.2) is 0 Å². The molecule has 14 rings (SSSR count). The Morgan fingerprint density at radius 2 is 0.609 bits per heavy atom. The molecule has 2 aromatic heterocycles. The van der Waals surface area contributed by atoms with Crippen LogP contribution in [0.3, 0.4) is 0 Å². The minimum absolute atomic E-state index is 1.16. The maximum atomic E-state index is 2.55. The van der Waals surface area contributed by atoms with Crippen LogP contribution in [0.1, 0.15) is 0 Å². The molecule has 2 heterocycles. The molecular formula is C62H38N2. The predicted molar refractivity (Wildman–Crippen MR) is 271 cm³/mol. The van der Waals surface area contributed by atoms with Crippen molar-refractivity contribution in [1.82, 2.24) is 9.13 Å². The molecule has 296 valence electrons. The SMILES string of the molecule is c1ccc(-n2c3ccccc3c3cc4c5ccccc5n(-c5c6ccccc6c(-c6ccc7c(c6)-c6ccccc6-c6ccccc6-c6ccccc6-7)c6ccccc56)c4cc32)cc1. The van der Waals surface area contributed by atoms with Gasteiger partial charge >= 0.3 is 0 Å². The van der Waals surface area contributed by atoms with Gasteiger partial charge in [0.05, 0.1) is 27.8 Å². The number of aromatic nitrogens is 2. The Kier molecular flexibility index (Phi) is 7.43. The van der Waals surface area contributed by atoms with E-state index >= 15 is 0 Å². The van der Waals surface area contributed by atoms with E-state index in [1.54, 1.807) is 0 Å². The molecule has 0 N–H and O–H groups in total. The summed E-state index contributed by atoms with van der Waals surface area (Å²) in [5.41, 5.74) is 19.6. The average Bonchev–Trinajstić information content (AvgIpc) is 3.86. The zero-order chi connectivity index (χ0) is 41.9. The molecule has 11 aromatic carbocycles. The van der Waals surface area contributed by atoms with Crippen LogP contribution in [0.5, 0.6) is 0 Å². The highest BCUT2D eigenvalue weighted by molar-refractivity contribution is 6.23.